The summed E-state index contributed by atoms with van der Waals surface area (Å²) in [5.41, 5.74) is 0.0530. The Kier molecular flexibility index (Phi) is 3.71. The normalized spacial score (nSPS) is 15.7. The van der Waals surface area contributed by atoms with Crippen molar-refractivity contribution >= 4 is 17.6 Å². The van der Waals surface area contributed by atoms with Crippen LogP contribution in [0.15, 0.2) is 23.8 Å². The molecule has 1 N–H and O–H groups in total. The first-order chi connectivity index (χ1) is 8.66. The predicted molar refractivity (Wildman–Crippen MR) is 62.9 cm³/mol. The van der Waals surface area contributed by atoms with Crippen molar-refractivity contribution < 1.29 is 14.7 Å². The van der Waals surface area contributed by atoms with E-state index in [0.29, 0.717) is 13.0 Å². The maximum atomic E-state index is 11.6. The minimum absolute atomic E-state index is 0.0530. The average molecular weight is 250 g/mol. The molecule has 1 aromatic rings. The molecule has 0 bridgehead atoms. The lowest BCUT2D eigenvalue weighted by Gasteiger charge is -2.22. The second-order valence-corrected chi connectivity index (χ2v) is 4.02. The van der Waals surface area contributed by atoms with Gasteiger partial charge in [0.1, 0.15) is 5.71 Å². The number of carbonyl (C=O) groups excluding carboxylic acids is 1. The van der Waals surface area contributed by atoms with Gasteiger partial charge >= 0.3 is 5.97 Å². The number of aliphatic carboxylic acids is 1. The van der Waals surface area contributed by atoms with Crippen molar-refractivity contribution in [3.63, 3.8) is 0 Å². The third-order valence-electron chi connectivity index (χ3n) is 2.70. The molecule has 0 saturated heterocycles. The largest absolute Gasteiger partial charge is 0.477 e. The van der Waals surface area contributed by atoms with E-state index in [4.69, 9.17) is 5.11 Å². The molecule has 18 heavy (non-hydrogen) atoms. The van der Waals surface area contributed by atoms with E-state index in [1.165, 1.54) is 5.01 Å². The minimum Gasteiger partial charge on any atom is -0.477 e. The van der Waals surface area contributed by atoms with E-state index < -0.39 is 5.97 Å². The highest BCUT2D eigenvalue weighted by Gasteiger charge is 2.23. The first-order valence-electron chi connectivity index (χ1n) is 5.73. The molecule has 0 radical (unpaired) electrons. The lowest BCUT2D eigenvalue weighted by Crippen LogP contribution is -2.35. The molecular formula is C11H14N4O3. The molecule has 0 spiro atoms. The lowest BCUT2D eigenvalue weighted by atomic mass is 10.1. The van der Waals surface area contributed by atoms with Crippen LogP contribution in [0.5, 0.6) is 0 Å². The number of hydrogen-bond acceptors (Lipinski definition) is 4. The van der Waals surface area contributed by atoms with E-state index in [1.54, 1.807) is 12.5 Å². The van der Waals surface area contributed by atoms with Gasteiger partial charge in [-0.1, -0.05) is 0 Å². The van der Waals surface area contributed by atoms with Crippen molar-refractivity contribution in [2.45, 2.75) is 25.8 Å². The van der Waals surface area contributed by atoms with Gasteiger partial charge in [0.05, 0.1) is 6.33 Å². The van der Waals surface area contributed by atoms with Crippen molar-refractivity contribution in [2.75, 3.05) is 6.54 Å². The Morgan fingerprint density at radius 3 is 2.89 bits per heavy atom. The van der Waals surface area contributed by atoms with E-state index in [2.05, 4.69) is 10.1 Å². The van der Waals surface area contributed by atoms with Crippen molar-refractivity contribution in [1.29, 1.82) is 0 Å². The summed E-state index contributed by atoms with van der Waals surface area (Å²) in [6.07, 6.45) is 6.36. The molecule has 0 fully saturated rings. The fourth-order valence-electron chi connectivity index (χ4n) is 1.75. The van der Waals surface area contributed by atoms with E-state index in [-0.39, 0.29) is 24.5 Å². The van der Waals surface area contributed by atoms with E-state index in [1.807, 2.05) is 10.8 Å². The molecule has 96 valence electrons. The number of carbonyl (C=O) groups is 2. The Morgan fingerprint density at radius 1 is 1.39 bits per heavy atom. The minimum atomic E-state index is -1.05. The molecule has 0 unspecified atom stereocenters. The number of carboxylic acids is 1. The molecule has 0 aromatic carbocycles. The van der Waals surface area contributed by atoms with Crippen molar-refractivity contribution in [3.05, 3.63) is 18.7 Å². The summed E-state index contributed by atoms with van der Waals surface area (Å²) in [5, 5.41) is 13.9. The smallest absolute Gasteiger partial charge is 0.352 e. The molecule has 1 amide bonds. The number of amides is 1. The van der Waals surface area contributed by atoms with E-state index >= 15 is 0 Å². The summed E-state index contributed by atoms with van der Waals surface area (Å²) < 4.78 is 1.90. The third-order valence-corrected chi connectivity index (χ3v) is 2.70. The van der Waals surface area contributed by atoms with Gasteiger partial charge in [0, 0.05) is 38.3 Å². The van der Waals surface area contributed by atoms with Crippen LogP contribution >= 0.6 is 0 Å². The average Bonchev–Trinajstić information content (AvgIpc) is 2.84. The van der Waals surface area contributed by atoms with Crippen LogP contribution in [0.4, 0.5) is 0 Å². The SMILES string of the molecule is O=C(O)C1=NN(CCCn2ccnc2)C(=O)CC1. The van der Waals surface area contributed by atoms with Gasteiger partial charge in [0.25, 0.3) is 0 Å². The summed E-state index contributed by atoms with van der Waals surface area (Å²) in [6, 6.07) is 0. The topological polar surface area (TPSA) is 87.8 Å². The van der Waals surface area contributed by atoms with Crippen LogP contribution in [-0.2, 0) is 16.1 Å². The molecule has 2 rings (SSSR count). The molecule has 1 aliphatic rings. The molecule has 0 saturated carbocycles. The zero-order chi connectivity index (χ0) is 13.0. The van der Waals surface area contributed by atoms with Crippen LogP contribution in [0.25, 0.3) is 0 Å². The second kappa shape index (κ2) is 5.44. The Balaban J connectivity index is 1.89. The van der Waals surface area contributed by atoms with Crippen LogP contribution < -0.4 is 0 Å². The van der Waals surface area contributed by atoms with Gasteiger partial charge in [-0.2, -0.15) is 5.10 Å². The van der Waals surface area contributed by atoms with Crippen LogP contribution in [0.1, 0.15) is 19.3 Å². The Morgan fingerprint density at radius 2 is 2.22 bits per heavy atom. The van der Waals surface area contributed by atoms with E-state index in [0.717, 1.165) is 6.54 Å². The van der Waals surface area contributed by atoms with Crippen molar-refractivity contribution in [2.24, 2.45) is 5.10 Å². The fourth-order valence-corrected chi connectivity index (χ4v) is 1.75. The van der Waals surface area contributed by atoms with E-state index in [9.17, 15) is 9.59 Å². The van der Waals surface area contributed by atoms with Crippen LogP contribution in [-0.4, -0.2) is 43.8 Å². The Labute approximate surface area is 104 Å². The number of carboxylic acid groups (broad SMARTS) is 1. The predicted octanol–water partition coefficient (Wildman–Crippen LogP) is 0.336. The quantitative estimate of drug-likeness (QED) is 0.816. The molecule has 0 atom stereocenters. The zero-order valence-electron chi connectivity index (χ0n) is 9.82. The molecule has 7 heteroatoms. The Bertz CT molecular complexity index is 467. The molecule has 2 heterocycles. The maximum absolute atomic E-state index is 11.6. The summed E-state index contributed by atoms with van der Waals surface area (Å²) in [7, 11) is 0. The van der Waals surface area contributed by atoms with Gasteiger partial charge in [-0.3, -0.25) is 4.79 Å². The number of imidazole rings is 1. The summed E-state index contributed by atoms with van der Waals surface area (Å²) in [4.78, 5) is 26.3. The summed E-state index contributed by atoms with van der Waals surface area (Å²) >= 11 is 0. The number of nitrogens with zero attached hydrogens (tertiary/aromatic N) is 4. The van der Waals surface area contributed by atoms with Gasteiger partial charge < -0.3 is 9.67 Å². The van der Waals surface area contributed by atoms with Gasteiger partial charge in [0.15, 0.2) is 0 Å². The monoisotopic (exact) mass is 250 g/mol. The van der Waals surface area contributed by atoms with Crippen molar-refractivity contribution in [3.8, 4) is 0 Å². The first-order valence-corrected chi connectivity index (χ1v) is 5.73. The second-order valence-electron chi connectivity index (χ2n) is 4.02. The number of rotatable bonds is 5. The Hall–Kier alpha value is -2.18. The van der Waals surface area contributed by atoms with Gasteiger partial charge in [-0.25, -0.2) is 14.8 Å². The van der Waals surface area contributed by atoms with Crippen LogP contribution in [0, 0.1) is 0 Å². The standard InChI is InChI=1S/C11H14N4O3/c16-10-3-2-9(11(17)18)13-15(10)6-1-5-14-7-4-12-8-14/h4,7-8H,1-3,5-6H2,(H,17,18). The molecule has 1 aliphatic heterocycles. The lowest BCUT2D eigenvalue weighted by molar-refractivity contribution is -0.132. The molecular weight excluding hydrogens is 236 g/mol. The maximum Gasteiger partial charge on any atom is 0.352 e. The van der Waals surface area contributed by atoms with Crippen molar-refractivity contribution in [1.82, 2.24) is 14.6 Å². The van der Waals surface area contributed by atoms with Crippen LogP contribution in [0.2, 0.25) is 0 Å². The third kappa shape index (κ3) is 2.93. The zero-order valence-corrected chi connectivity index (χ0v) is 9.82. The molecule has 7 nitrogen and oxygen atoms in total. The van der Waals surface area contributed by atoms with Gasteiger partial charge in [-0.05, 0) is 6.42 Å². The number of hydrogen-bond donors (Lipinski definition) is 1. The first kappa shape index (κ1) is 12.3. The number of aromatic nitrogens is 2. The molecule has 1 aromatic heterocycles. The van der Waals surface area contributed by atoms with Gasteiger partial charge in [-0.15, -0.1) is 0 Å². The highest BCUT2D eigenvalue weighted by molar-refractivity contribution is 6.36. The van der Waals surface area contributed by atoms with Crippen LogP contribution in [0.3, 0.4) is 0 Å². The summed E-state index contributed by atoms with van der Waals surface area (Å²) in [6.45, 7) is 1.15. The number of hydrazone groups is 1. The highest BCUT2D eigenvalue weighted by Crippen LogP contribution is 2.10. The summed E-state index contributed by atoms with van der Waals surface area (Å²) in [5.74, 6) is -1.17. The molecule has 0 aliphatic carbocycles. The fraction of sp³-hybridized carbons (Fsp3) is 0.455. The highest BCUT2D eigenvalue weighted by atomic mass is 16.4. The number of aryl methyl sites for hydroxylation is 1. The van der Waals surface area contributed by atoms with Gasteiger partial charge in [0.2, 0.25) is 5.91 Å².